The molecule has 0 bridgehead atoms. The summed E-state index contributed by atoms with van der Waals surface area (Å²) < 4.78 is 0. The van der Waals surface area contributed by atoms with Gasteiger partial charge in [-0.15, -0.1) is 0 Å². The normalized spacial score (nSPS) is 23.6. The topological polar surface area (TPSA) is 81.7 Å². The van der Waals surface area contributed by atoms with Crippen LogP contribution in [0.4, 0.5) is 0 Å². The van der Waals surface area contributed by atoms with Crippen molar-refractivity contribution in [1.29, 1.82) is 0 Å². The van der Waals surface area contributed by atoms with E-state index in [0.29, 0.717) is 18.8 Å². The molecule has 5 rings (SSSR count). The van der Waals surface area contributed by atoms with Gasteiger partial charge in [-0.25, -0.2) is 0 Å². The predicted octanol–water partition coefficient (Wildman–Crippen LogP) is 2.35. The van der Waals surface area contributed by atoms with Gasteiger partial charge in [-0.1, -0.05) is 72.9 Å². The van der Waals surface area contributed by atoms with Gasteiger partial charge in [-0.3, -0.25) is 9.59 Å². The maximum Gasteiger partial charge on any atom is 0.245 e. The van der Waals surface area contributed by atoms with Gasteiger partial charge in [0.1, 0.15) is 6.04 Å². The number of aliphatic hydroxyl groups is 1. The summed E-state index contributed by atoms with van der Waals surface area (Å²) in [7, 11) is 1.77. The van der Waals surface area contributed by atoms with Gasteiger partial charge in [-0.05, 0) is 79.1 Å². The van der Waals surface area contributed by atoms with E-state index in [1.165, 1.54) is 16.0 Å². The summed E-state index contributed by atoms with van der Waals surface area (Å²) in [4.78, 5) is 28.9. The molecule has 1 saturated heterocycles. The molecule has 1 aliphatic heterocycles. The molecule has 1 aromatic rings. The van der Waals surface area contributed by atoms with Crippen LogP contribution in [0.5, 0.6) is 0 Å². The van der Waals surface area contributed by atoms with E-state index in [4.69, 9.17) is 0 Å². The van der Waals surface area contributed by atoms with Crippen LogP contribution in [-0.4, -0.2) is 60.6 Å². The zero-order valence-corrected chi connectivity index (χ0v) is 22.9. The fourth-order valence-electron chi connectivity index (χ4n) is 6.20. The first-order valence-corrected chi connectivity index (χ1v) is 14.4. The summed E-state index contributed by atoms with van der Waals surface area (Å²) in [5.74, 6) is 0.316. The minimum atomic E-state index is -0.638. The summed E-state index contributed by atoms with van der Waals surface area (Å²) in [5, 5.41) is 19.2. The summed E-state index contributed by atoms with van der Waals surface area (Å²) in [6.07, 6.45) is 21.8. The molecule has 2 amide bonds. The van der Waals surface area contributed by atoms with E-state index in [0.717, 1.165) is 44.3 Å². The Morgan fingerprint density at radius 2 is 1.90 bits per heavy atom. The molecular formula is C33H41N3O3. The van der Waals surface area contributed by atoms with Crippen LogP contribution in [0.3, 0.4) is 0 Å². The predicted molar refractivity (Wildman–Crippen MR) is 156 cm³/mol. The van der Waals surface area contributed by atoms with Crippen LogP contribution in [0.15, 0.2) is 71.9 Å². The second-order valence-corrected chi connectivity index (χ2v) is 11.3. The molecule has 3 aliphatic carbocycles. The van der Waals surface area contributed by atoms with Crippen molar-refractivity contribution in [2.75, 3.05) is 26.7 Å². The number of allylic oxidation sites excluding steroid dienone is 7. The number of piperidine rings is 1. The zero-order chi connectivity index (χ0) is 27.2. The smallest absolute Gasteiger partial charge is 0.245 e. The van der Waals surface area contributed by atoms with Crippen molar-refractivity contribution >= 4 is 24.0 Å². The highest BCUT2D eigenvalue weighted by Gasteiger charge is 2.32. The molecule has 0 aromatic heterocycles. The second-order valence-electron chi connectivity index (χ2n) is 11.3. The molecule has 1 aromatic carbocycles. The zero-order valence-electron chi connectivity index (χ0n) is 22.9. The van der Waals surface area contributed by atoms with Gasteiger partial charge in [0, 0.05) is 18.9 Å². The summed E-state index contributed by atoms with van der Waals surface area (Å²) >= 11 is 0. The molecule has 0 radical (unpaired) electrons. The van der Waals surface area contributed by atoms with Gasteiger partial charge >= 0.3 is 0 Å². The van der Waals surface area contributed by atoms with E-state index in [-0.39, 0.29) is 36.3 Å². The minimum absolute atomic E-state index is 0.0353. The van der Waals surface area contributed by atoms with Gasteiger partial charge in [0.05, 0.1) is 12.6 Å². The van der Waals surface area contributed by atoms with E-state index in [1.54, 1.807) is 11.9 Å². The molecule has 4 aliphatic rings. The molecule has 6 heteroatoms. The number of hydrogen-bond acceptors (Lipinski definition) is 4. The maximum atomic E-state index is 14.0. The third kappa shape index (κ3) is 6.68. The van der Waals surface area contributed by atoms with E-state index in [2.05, 4.69) is 71.4 Å². The van der Waals surface area contributed by atoms with Gasteiger partial charge < -0.3 is 20.6 Å². The standard InChI is InChI=1S/C33H41N3O3/c1-36(30(22-37)20-23-10-12-25-6-2-4-8-28(25)18-23)33(39)31(35-32(38)27-14-16-34-17-15-27)21-24-11-13-26-7-3-5-9-29(26)19-24/h2-10,13,18-19,24-25,27,30-31,34,37H,11-12,14-17,20-22H2,1H3,(H,35,38). The lowest BCUT2D eigenvalue weighted by atomic mass is 9.84. The van der Waals surface area contributed by atoms with Crippen LogP contribution in [-0.2, 0) is 9.59 Å². The number of amides is 2. The molecule has 4 unspecified atom stereocenters. The van der Waals surface area contributed by atoms with E-state index in [9.17, 15) is 14.7 Å². The van der Waals surface area contributed by atoms with Crippen molar-refractivity contribution in [3.63, 3.8) is 0 Å². The quantitative estimate of drug-likeness (QED) is 0.461. The highest BCUT2D eigenvalue weighted by atomic mass is 16.3. The first-order valence-electron chi connectivity index (χ1n) is 14.4. The first-order chi connectivity index (χ1) is 19.0. The molecular weight excluding hydrogens is 486 g/mol. The number of hydrogen-bond donors (Lipinski definition) is 3. The Balaban J connectivity index is 1.31. The largest absolute Gasteiger partial charge is 0.394 e. The molecule has 206 valence electrons. The van der Waals surface area contributed by atoms with Crippen molar-refractivity contribution < 1.29 is 14.7 Å². The van der Waals surface area contributed by atoms with E-state index >= 15 is 0 Å². The number of nitrogens with one attached hydrogen (secondary N) is 2. The fourth-order valence-corrected chi connectivity index (χ4v) is 6.20. The Bertz CT molecular complexity index is 1300. The Morgan fingerprint density at radius 3 is 2.69 bits per heavy atom. The van der Waals surface area contributed by atoms with Crippen LogP contribution in [0.2, 0.25) is 0 Å². The third-order valence-corrected chi connectivity index (χ3v) is 8.65. The second kappa shape index (κ2) is 12.8. The molecule has 4 atom stereocenters. The van der Waals surface area contributed by atoms with Gasteiger partial charge in [0.2, 0.25) is 11.8 Å². The van der Waals surface area contributed by atoms with Gasteiger partial charge in [0.25, 0.3) is 0 Å². The lowest BCUT2D eigenvalue weighted by molar-refractivity contribution is -0.139. The lowest BCUT2D eigenvalue weighted by Crippen LogP contribution is -2.53. The average Bonchev–Trinajstić information content (AvgIpc) is 2.99. The number of rotatable bonds is 9. The molecule has 1 fully saturated rings. The Kier molecular flexibility index (Phi) is 8.95. The SMILES string of the molecule is CN(C(=O)C(CC1C=c2ccccc2=CC1)NC(=O)C1CCNCC1)C(CO)CC1=CCC2C=CC=CC2=C1. The average molecular weight is 528 g/mol. The molecule has 0 spiro atoms. The number of benzene rings is 1. The Morgan fingerprint density at radius 1 is 1.10 bits per heavy atom. The van der Waals surface area contributed by atoms with Gasteiger partial charge in [-0.2, -0.15) is 0 Å². The van der Waals surface area contributed by atoms with Crippen molar-refractivity contribution in [2.24, 2.45) is 17.8 Å². The van der Waals surface area contributed by atoms with E-state index < -0.39 is 6.04 Å². The minimum Gasteiger partial charge on any atom is -0.394 e. The number of carbonyl (C=O) groups excluding carboxylic acids is 2. The molecule has 6 nitrogen and oxygen atoms in total. The maximum absolute atomic E-state index is 14.0. The third-order valence-electron chi connectivity index (χ3n) is 8.65. The molecule has 39 heavy (non-hydrogen) atoms. The summed E-state index contributed by atoms with van der Waals surface area (Å²) in [5.41, 5.74) is 2.42. The van der Waals surface area contributed by atoms with Crippen LogP contribution in [0, 0.1) is 17.8 Å². The first kappa shape index (κ1) is 27.4. The summed E-state index contributed by atoms with van der Waals surface area (Å²) in [6, 6.07) is 7.29. The number of likely N-dealkylation sites (N-methyl/N-ethyl adjacent to an activating group) is 1. The number of fused-ring (bicyclic) bond motifs is 2. The van der Waals surface area contributed by atoms with Crippen molar-refractivity contribution in [3.8, 4) is 0 Å². The highest BCUT2D eigenvalue weighted by molar-refractivity contribution is 5.88. The Labute approximate surface area is 231 Å². The highest BCUT2D eigenvalue weighted by Crippen LogP contribution is 2.31. The number of nitrogens with zero attached hydrogens (tertiary/aromatic N) is 1. The van der Waals surface area contributed by atoms with Crippen molar-refractivity contribution in [3.05, 3.63) is 82.3 Å². The van der Waals surface area contributed by atoms with Crippen LogP contribution >= 0.6 is 0 Å². The number of carbonyl (C=O) groups is 2. The molecule has 1 heterocycles. The van der Waals surface area contributed by atoms with Gasteiger partial charge in [0.15, 0.2) is 0 Å². The van der Waals surface area contributed by atoms with Crippen LogP contribution < -0.4 is 21.1 Å². The lowest BCUT2D eigenvalue weighted by Gasteiger charge is -2.33. The van der Waals surface area contributed by atoms with Crippen molar-refractivity contribution in [1.82, 2.24) is 15.5 Å². The molecule has 0 saturated carbocycles. The number of aliphatic hydroxyl groups excluding tert-OH is 1. The van der Waals surface area contributed by atoms with Crippen LogP contribution in [0.25, 0.3) is 12.2 Å². The summed E-state index contributed by atoms with van der Waals surface area (Å²) in [6.45, 7) is 1.51. The van der Waals surface area contributed by atoms with Crippen molar-refractivity contribution in [2.45, 2.75) is 50.6 Å². The molecule has 3 N–H and O–H groups in total. The van der Waals surface area contributed by atoms with Crippen LogP contribution in [0.1, 0.15) is 38.5 Å². The van der Waals surface area contributed by atoms with E-state index in [1.807, 2.05) is 12.1 Å². The monoisotopic (exact) mass is 527 g/mol. The fraction of sp³-hybridized carbons (Fsp3) is 0.455. The Hall–Kier alpha value is -3.22.